The Morgan fingerprint density at radius 1 is 1.32 bits per heavy atom. The fourth-order valence-corrected chi connectivity index (χ4v) is 2.38. The fraction of sp³-hybridized carbons (Fsp3) is 0.533. The van der Waals surface area contributed by atoms with E-state index in [1.165, 1.54) is 19.3 Å². The van der Waals surface area contributed by atoms with Gasteiger partial charge in [0.05, 0.1) is 0 Å². The van der Waals surface area contributed by atoms with Gasteiger partial charge in [0.15, 0.2) is 0 Å². The Bertz CT molecular complexity index is 397. The van der Waals surface area contributed by atoms with Crippen LogP contribution in [0.2, 0.25) is 0 Å². The molecule has 1 saturated heterocycles. The molecular weight excluding hydrogens is 240 g/mol. The van der Waals surface area contributed by atoms with Gasteiger partial charge in [0, 0.05) is 19.0 Å². The number of hydrogen-bond acceptors (Lipinski definition) is 3. The van der Waals surface area contributed by atoms with Crippen molar-refractivity contribution in [3.63, 3.8) is 0 Å². The molecule has 19 heavy (non-hydrogen) atoms. The minimum Gasteiger partial charge on any atom is -0.508 e. The first-order valence-corrected chi connectivity index (χ1v) is 7.02. The van der Waals surface area contributed by atoms with Crippen LogP contribution in [0.15, 0.2) is 24.3 Å². The third kappa shape index (κ3) is 4.91. The number of carbonyl (C=O) groups is 1. The van der Waals surface area contributed by atoms with Crippen molar-refractivity contribution in [3.8, 4) is 5.75 Å². The monoisotopic (exact) mass is 262 g/mol. The molecule has 0 aromatic heterocycles. The van der Waals surface area contributed by atoms with Gasteiger partial charge >= 0.3 is 0 Å². The highest BCUT2D eigenvalue weighted by atomic mass is 16.3. The molecule has 1 atom stereocenters. The van der Waals surface area contributed by atoms with E-state index in [2.05, 4.69) is 10.6 Å². The SMILES string of the molecule is O=C(CCC1CCCCN1)NCc1ccc(O)cc1. The van der Waals surface area contributed by atoms with Crippen LogP contribution in [0.5, 0.6) is 5.75 Å². The highest BCUT2D eigenvalue weighted by Crippen LogP contribution is 2.12. The first kappa shape index (κ1) is 13.9. The number of aromatic hydroxyl groups is 1. The second-order valence-corrected chi connectivity index (χ2v) is 5.13. The van der Waals surface area contributed by atoms with Gasteiger partial charge in [-0.05, 0) is 43.5 Å². The predicted molar refractivity (Wildman–Crippen MR) is 74.8 cm³/mol. The zero-order chi connectivity index (χ0) is 13.5. The van der Waals surface area contributed by atoms with Gasteiger partial charge in [-0.3, -0.25) is 4.79 Å². The summed E-state index contributed by atoms with van der Waals surface area (Å²) in [6.45, 7) is 1.61. The summed E-state index contributed by atoms with van der Waals surface area (Å²) in [6.07, 6.45) is 5.21. The second-order valence-electron chi connectivity index (χ2n) is 5.13. The normalized spacial score (nSPS) is 19.1. The molecule has 0 saturated carbocycles. The molecule has 0 bridgehead atoms. The summed E-state index contributed by atoms with van der Waals surface area (Å²) in [5.41, 5.74) is 1.00. The van der Waals surface area contributed by atoms with E-state index >= 15 is 0 Å². The molecule has 1 aliphatic rings. The molecule has 2 rings (SSSR count). The molecule has 1 unspecified atom stereocenters. The number of carbonyl (C=O) groups excluding carboxylic acids is 1. The van der Waals surface area contributed by atoms with Crippen LogP contribution < -0.4 is 10.6 Å². The highest BCUT2D eigenvalue weighted by molar-refractivity contribution is 5.75. The lowest BCUT2D eigenvalue weighted by molar-refractivity contribution is -0.121. The summed E-state index contributed by atoms with van der Waals surface area (Å²) >= 11 is 0. The summed E-state index contributed by atoms with van der Waals surface area (Å²) < 4.78 is 0. The summed E-state index contributed by atoms with van der Waals surface area (Å²) in [7, 11) is 0. The van der Waals surface area contributed by atoms with Gasteiger partial charge in [0.2, 0.25) is 5.91 Å². The lowest BCUT2D eigenvalue weighted by Crippen LogP contribution is -2.35. The van der Waals surface area contributed by atoms with Gasteiger partial charge in [-0.15, -0.1) is 0 Å². The number of phenolic OH excluding ortho intramolecular Hbond substituents is 1. The van der Waals surface area contributed by atoms with Crippen LogP contribution in [0.4, 0.5) is 0 Å². The molecule has 1 aromatic rings. The van der Waals surface area contributed by atoms with Gasteiger partial charge in [0.1, 0.15) is 5.75 Å². The molecule has 1 aliphatic heterocycles. The average molecular weight is 262 g/mol. The third-order valence-electron chi connectivity index (χ3n) is 3.56. The van der Waals surface area contributed by atoms with Gasteiger partial charge in [-0.2, -0.15) is 0 Å². The summed E-state index contributed by atoms with van der Waals surface area (Å²) in [4.78, 5) is 11.7. The minimum atomic E-state index is 0.0976. The maximum absolute atomic E-state index is 11.7. The van der Waals surface area contributed by atoms with Crippen LogP contribution in [0, 0.1) is 0 Å². The maximum atomic E-state index is 11.7. The lowest BCUT2D eigenvalue weighted by Gasteiger charge is -2.23. The van der Waals surface area contributed by atoms with E-state index in [1.54, 1.807) is 12.1 Å². The molecule has 1 amide bonds. The predicted octanol–water partition coefficient (Wildman–Crippen LogP) is 1.93. The first-order valence-electron chi connectivity index (χ1n) is 7.02. The summed E-state index contributed by atoms with van der Waals surface area (Å²) in [5, 5.41) is 15.5. The van der Waals surface area contributed by atoms with Gasteiger partial charge in [-0.25, -0.2) is 0 Å². The van der Waals surface area contributed by atoms with E-state index in [-0.39, 0.29) is 11.7 Å². The molecule has 3 N–H and O–H groups in total. The molecular formula is C15H22N2O2. The third-order valence-corrected chi connectivity index (χ3v) is 3.56. The number of phenols is 1. The molecule has 0 spiro atoms. The molecule has 4 heteroatoms. The first-order chi connectivity index (χ1) is 9.24. The smallest absolute Gasteiger partial charge is 0.220 e. The summed E-state index contributed by atoms with van der Waals surface area (Å²) in [6, 6.07) is 7.41. The van der Waals surface area contributed by atoms with Crippen molar-refractivity contribution in [2.75, 3.05) is 6.54 Å². The van der Waals surface area contributed by atoms with Gasteiger partial charge in [-0.1, -0.05) is 18.6 Å². The zero-order valence-electron chi connectivity index (χ0n) is 11.2. The Labute approximate surface area is 114 Å². The Morgan fingerprint density at radius 2 is 2.11 bits per heavy atom. The molecule has 4 nitrogen and oxygen atoms in total. The van der Waals surface area contributed by atoms with Crippen molar-refractivity contribution < 1.29 is 9.90 Å². The minimum absolute atomic E-state index is 0.0976. The standard InChI is InChI=1S/C15H22N2O2/c18-14-7-4-12(5-8-14)11-17-15(19)9-6-13-3-1-2-10-16-13/h4-5,7-8,13,16,18H,1-3,6,9-11H2,(H,17,19). The average Bonchev–Trinajstić information content (AvgIpc) is 2.45. The Morgan fingerprint density at radius 3 is 2.79 bits per heavy atom. The van der Waals surface area contributed by atoms with Crippen molar-refractivity contribution in [2.45, 2.75) is 44.7 Å². The molecule has 0 radical (unpaired) electrons. The number of rotatable bonds is 5. The van der Waals surface area contributed by atoms with Crippen molar-refractivity contribution in [3.05, 3.63) is 29.8 Å². The topological polar surface area (TPSA) is 61.4 Å². The molecule has 1 heterocycles. The van der Waals surface area contributed by atoms with E-state index in [9.17, 15) is 4.79 Å². The van der Waals surface area contributed by atoms with Crippen LogP contribution >= 0.6 is 0 Å². The number of benzene rings is 1. The Balaban J connectivity index is 1.65. The highest BCUT2D eigenvalue weighted by Gasteiger charge is 2.13. The van der Waals surface area contributed by atoms with Crippen LogP contribution in [0.3, 0.4) is 0 Å². The van der Waals surface area contributed by atoms with Crippen LogP contribution in [0.1, 0.15) is 37.7 Å². The summed E-state index contributed by atoms with van der Waals surface area (Å²) in [5.74, 6) is 0.346. The Kier molecular flexibility index (Phi) is 5.21. The fourth-order valence-electron chi connectivity index (χ4n) is 2.38. The molecule has 0 aliphatic carbocycles. The van der Waals surface area contributed by atoms with E-state index < -0.39 is 0 Å². The van der Waals surface area contributed by atoms with E-state index in [1.807, 2.05) is 12.1 Å². The molecule has 1 aromatic carbocycles. The van der Waals surface area contributed by atoms with Gasteiger partial charge in [0.25, 0.3) is 0 Å². The number of hydrogen-bond donors (Lipinski definition) is 3. The number of amides is 1. The van der Waals surface area contributed by atoms with Crippen molar-refractivity contribution >= 4 is 5.91 Å². The number of nitrogens with one attached hydrogen (secondary N) is 2. The van der Waals surface area contributed by atoms with E-state index in [0.29, 0.717) is 19.0 Å². The van der Waals surface area contributed by atoms with E-state index in [0.717, 1.165) is 18.5 Å². The van der Waals surface area contributed by atoms with Crippen molar-refractivity contribution in [1.29, 1.82) is 0 Å². The van der Waals surface area contributed by atoms with Crippen LogP contribution in [-0.4, -0.2) is 23.6 Å². The molecule has 104 valence electrons. The van der Waals surface area contributed by atoms with E-state index in [4.69, 9.17) is 5.11 Å². The van der Waals surface area contributed by atoms with Crippen molar-refractivity contribution in [1.82, 2.24) is 10.6 Å². The van der Waals surface area contributed by atoms with Crippen LogP contribution in [-0.2, 0) is 11.3 Å². The second kappa shape index (κ2) is 7.14. The van der Waals surface area contributed by atoms with Crippen molar-refractivity contribution in [2.24, 2.45) is 0 Å². The van der Waals surface area contributed by atoms with Crippen LogP contribution in [0.25, 0.3) is 0 Å². The zero-order valence-corrected chi connectivity index (χ0v) is 11.2. The van der Waals surface area contributed by atoms with Gasteiger partial charge < -0.3 is 15.7 Å². The largest absolute Gasteiger partial charge is 0.508 e. The quantitative estimate of drug-likeness (QED) is 0.760. The number of piperidine rings is 1. The maximum Gasteiger partial charge on any atom is 0.220 e. The lowest BCUT2D eigenvalue weighted by atomic mass is 10.0. The molecule has 1 fully saturated rings. The Hall–Kier alpha value is -1.55.